The lowest BCUT2D eigenvalue weighted by Gasteiger charge is -2.43. The lowest BCUT2D eigenvalue weighted by atomic mass is 9.78. The Kier molecular flexibility index (Phi) is 47.1. The third-order valence-corrected chi connectivity index (χ3v) is 31.7. The van der Waals surface area contributed by atoms with Crippen molar-refractivity contribution < 1.29 is 126 Å². The van der Waals surface area contributed by atoms with Gasteiger partial charge in [-0.15, -0.1) is 0 Å². The number of aliphatic hydroxyl groups excluding tert-OH is 5. The van der Waals surface area contributed by atoms with Gasteiger partial charge in [0, 0.05) is 96.8 Å². The van der Waals surface area contributed by atoms with Crippen LogP contribution >= 0.6 is 0 Å². The Morgan fingerprint density at radius 3 is 1.27 bits per heavy atom. The predicted octanol–water partition coefficient (Wildman–Crippen LogP) is 15.5. The van der Waals surface area contributed by atoms with Crippen molar-refractivity contribution in [1.29, 1.82) is 0 Å². The van der Waals surface area contributed by atoms with E-state index in [1.165, 1.54) is 16.9 Å². The van der Waals surface area contributed by atoms with E-state index < -0.39 is 162 Å². The second-order valence-electron chi connectivity index (χ2n) is 43.1. The van der Waals surface area contributed by atoms with Gasteiger partial charge in [-0.2, -0.15) is 0 Å². The number of rotatable bonds is 17. The van der Waals surface area contributed by atoms with Gasteiger partial charge >= 0.3 is 11.9 Å². The minimum atomic E-state index is -2.50. The zero-order valence-electron chi connectivity index (χ0n) is 88.0. The van der Waals surface area contributed by atoms with Gasteiger partial charge in [-0.05, 0) is 242 Å². The highest BCUT2D eigenvalue weighted by Crippen LogP contribution is 2.43. The summed E-state index contributed by atoms with van der Waals surface area (Å²) in [5, 5.41) is 79.8. The maximum Gasteiger partial charge on any atom is 0.329 e. The van der Waals surface area contributed by atoms with E-state index in [0.717, 1.165) is 48.0 Å². The van der Waals surface area contributed by atoms with E-state index in [9.17, 15) is 74.1 Å². The number of nitrogens with zero attached hydrogens (tertiary/aromatic N) is 2. The highest BCUT2D eigenvalue weighted by molar-refractivity contribution is 6.39. The summed E-state index contributed by atoms with van der Waals surface area (Å²) in [6.07, 6.45) is 23.9. The van der Waals surface area contributed by atoms with Crippen molar-refractivity contribution in [2.24, 2.45) is 76.9 Å². The molecule has 2 saturated carbocycles. The molecule has 5 saturated heterocycles. The van der Waals surface area contributed by atoms with Crippen molar-refractivity contribution >= 4 is 46.9 Å². The van der Waals surface area contributed by atoms with Crippen LogP contribution in [0.2, 0.25) is 0 Å². The standard InChI is InChI=1S/C59H87NO13.C55H85NO13/c1-36-19-13-11-14-20-37(2)51(71-35-50(63)45-21-15-12-16-22-45)33-46-26-24-42(7)59(68,73-46)56(65)57(66)60-28-18-17-23-47(60)58(67)72-52(40(5)31-44-25-27-48(61)53(32-44)69-9)34-49(62)39(4)30-41(6)54(64)55(70-10)43(8)38(3)29-36;1-33-16-12-11-13-17-34(2)47(67-32-42-30-66-31-42)28-43-21-19-39(7)55(63,69-43)52(60)53(61)56-23-15-14-18-44(56)54(62)68-48(37(5)26-41-20-22-45(57)49(27-41)64-9)29-46(58)36(4)25-38(6)50(59)51(65-10)40(8)35(3)24-33/h11-16,19-22,30,36,38-40,42,44,46-48,50-55,61,63-64,68H,8,17-18,23-29,31-35H2,1-7,9-10H3;11-13,16-17,25,33,35-37,39,41-45,47-51,57,59,63H,8,14-15,18-24,26-32H2,1-7,9-10H3/b14-11+,19-13+,37-20+,41-30+;13-11+,16-12+,34-17+,38-25+/t36-,38-,39-,40-,42-,44+,46+,47?,48-,50-,51?,52+,53-,54-,55+,59-;33-,35-,36-,37-,39-,41+,43+,44?,45-,47?,48+,49-,50-,51+,55-/m11/s1. The van der Waals surface area contributed by atoms with Crippen molar-refractivity contribution in [3.8, 4) is 0 Å². The molecule has 7 heterocycles. The number of fused-ring (bicyclic) bond motifs is 6. The molecule has 28 heteroatoms. The number of carbonyl (C=O) groups excluding carboxylic acids is 8. The first-order valence-electron chi connectivity index (χ1n) is 52.6. The maximum atomic E-state index is 14.5. The first kappa shape index (κ1) is 118. The van der Waals surface area contributed by atoms with Gasteiger partial charge in [0.05, 0.1) is 75.3 Å². The van der Waals surface area contributed by atoms with E-state index in [1.54, 1.807) is 75.0 Å². The number of Topliss-reactive ketones (excluding diaryl/α,β-unsaturated/α-hetero) is 4. The van der Waals surface area contributed by atoms with Crippen LogP contribution in [-0.4, -0.2) is 270 Å². The lowest BCUT2D eigenvalue weighted by Crippen LogP contribution is -2.61. The molecule has 7 fully saturated rings. The summed E-state index contributed by atoms with van der Waals surface area (Å²) in [5.74, 6) is -13.8. The Bertz CT molecular complexity index is 4550. The molecule has 7 N–H and O–H groups in total. The highest BCUT2D eigenvalue weighted by Gasteiger charge is 2.56. The monoisotopic (exact) mass is 1990 g/mol. The first-order valence-corrected chi connectivity index (χ1v) is 52.6. The fourth-order valence-corrected chi connectivity index (χ4v) is 21.9. The normalized spacial score (nSPS) is 38.8. The summed E-state index contributed by atoms with van der Waals surface area (Å²) in [7, 11) is 6.23. The van der Waals surface area contributed by atoms with Gasteiger partial charge in [0.15, 0.2) is 0 Å². The molecule has 10 rings (SSSR count). The molecule has 2 amide bonds. The van der Waals surface area contributed by atoms with Crippen molar-refractivity contribution in [2.45, 2.75) is 366 Å². The molecule has 142 heavy (non-hydrogen) atoms. The van der Waals surface area contributed by atoms with E-state index in [-0.39, 0.29) is 129 Å². The Labute approximate surface area is 845 Å². The van der Waals surface area contributed by atoms with Gasteiger partial charge < -0.3 is 97.7 Å². The molecular weight excluding hydrogens is 1810 g/mol. The van der Waals surface area contributed by atoms with E-state index in [4.69, 9.17) is 52.1 Å². The van der Waals surface area contributed by atoms with Gasteiger partial charge in [-0.25, -0.2) is 9.59 Å². The van der Waals surface area contributed by atoms with Gasteiger partial charge in [-0.1, -0.05) is 186 Å². The highest BCUT2D eigenvalue weighted by atomic mass is 16.6. The largest absolute Gasteiger partial charge is 0.460 e. The molecule has 9 aliphatic rings. The number of ether oxygens (including phenoxy) is 11. The third kappa shape index (κ3) is 32.8. The maximum absolute atomic E-state index is 14.5. The van der Waals surface area contributed by atoms with E-state index in [2.05, 4.69) is 53.0 Å². The number of methoxy groups -OCH3 is 4. The average molecular weight is 1990 g/mol. The molecule has 0 aromatic heterocycles. The zero-order valence-corrected chi connectivity index (χ0v) is 88.0. The minimum absolute atomic E-state index is 0.00547. The van der Waals surface area contributed by atoms with Crippen LogP contribution in [0.5, 0.6) is 0 Å². The predicted molar refractivity (Wildman–Crippen MR) is 542 cm³/mol. The van der Waals surface area contributed by atoms with Crippen LogP contribution in [0.15, 0.2) is 150 Å². The number of aliphatic hydroxyl groups is 7. The molecule has 2 aliphatic carbocycles. The smallest absolute Gasteiger partial charge is 0.329 e. The van der Waals surface area contributed by atoms with Gasteiger partial charge in [0.1, 0.15) is 66.4 Å². The van der Waals surface area contributed by atoms with Crippen LogP contribution in [-0.2, 0) is 90.5 Å². The Hall–Kier alpha value is -7.46. The topological polar surface area (TPSA) is 386 Å². The molecular formula is C114H172N2O26. The quantitative estimate of drug-likeness (QED) is 0.0433. The number of hydrogen-bond acceptors (Lipinski definition) is 26. The summed E-state index contributed by atoms with van der Waals surface area (Å²) < 4.78 is 66.4. The number of carbonyl (C=O) groups is 8. The second-order valence-corrected chi connectivity index (χ2v) is 43.1. The van der Waals surface area contributed by atoms with Crippen molar-refractivity contribution in [3.05, 3.63) is 155 Å². The molecule has 1 aromatic rings. The zero-order chi connectivity index (χ0) is 104. The number of cyclic esters (lactones) is 2. The van der Waals surface area contributed by atoms with Crippen LogP contribution in [0.4, 0.5) is 0 Å². The van der Waals surface area contributed by atoms with Crippen LogP contribution in [0.3, 0.4) is 0 Å². The van der Waals surface area contributed by atoms with E-state index in [1.807, 2.05) is 107 Å². The summed E-state index contributed by atoms with van der Waals surface area (Å²) >= 11 is 0. The molecule has 7 aliphatic heterocycles. The Balaban J connectivity index is 0.000000317. The van der Waals surface area contributed by atoms with Crippen molar-refractivity contribution in [3.63, 3.8) is 0 Å². The Morgan fingerprint density at radius 1 is 0.472 bits per heavy atom. The minimum Gasteiger partial charge on any atom is -0.460 e. The number of piperidine rings is 2. The van der Waals surface area contributed by atoms with Gasteiger partial charge in [0.2, 0.25) is 11.6 Å². The molecule has 28 nitrogen and oxygen atoms in total. The van der Waals surface area contributed by atoms with Crippen molar-refractivity contribution in [1.82, 2.24) is 9.80 Å². The fourth-order valence-electron chi connectivity index (χ4n) is 21.9. The van der Waals surface area contributed by atoms with E-state index >= 15 is 0 Å². The molecule has 0 spiro atoms. The van der Waals surface area contributed by atoms with Crippen LogP contribution < -0.4 is 0 Å². The number of amides is 2. The number of hydrogen-bond donors (Lipinski definition) is 7. The van der Waals surface area contributed by atoms with Crippen LogP contribution in [0.25, 0.3) is 0 Å². The molecule has 1 aromatic carbocycles. The third-order valence-electron chi connectivity index (χ3n) is 31.7. The number of esters is 2. The number of benzene rings is 1. The summed E-state index contributed by atoms with van der Waals surface area (Å²) in [6, 6.07) is 6.90. The first-order chi connectivity index (χ1) is 67.4. The van der Waals surface area contributed by atoms with E-state index in [0.29, 0.717) is 133 Å². The molecule has 4 unspecified atom stereocenters. The second kappa shape index (κ2) is 56.6. The number of allylic oxidation sites excluding steroid dienone is 12. The molecule has 31 atom stereocenters. The molecule has 4 bridgehead atoms. The summed E-state index contributed by atoms with van der Waals surface area (Å²) in [4.78, 5) is 118. The van der Waals surface area contributed by atoms with Crippen molar-refractivity contribution in [2.75, 3.05) is 68.0 Å². The SMILES string of the molecule is C=C1[C@H](C)C[C@H](C)/C=C/C=C/C=C(\C)C(OCC2COC2)C[C@@H]2CC[C@@H](C)[C@@](O)(O2)C(=O)C(=O)N2CCCCC2C(=O)O[C@H]([C@H](C)C[C@@H]2CC[C@@H](O)[C@H](OC)C2)CC(=O)[C@H](C)/C=C(\C)[C@@H](O)[C@H]1OC.C=C1[C@H](C)C[C@H](C)/C=C/C=C/C=C(\C)C(OC[C@@H](O)c2ccccc2)C[C@@H]2CC[C@@H](C)[C@@](O)(O2)C(=O)C(=O)N2CCCCC2C(=O)O[C@H]([C@H](C)C[C@@H]2CC[C@@H](O)[C@H](OC)C2)CC(=O)[C@H](C)/C=C(\C)[C@@H](O)[C@H]1OC. The summed E-state index contributed by atoms with van der Waals surface area (Å²) in [5.41, 5.74) is 4.97. The van der Waals surface area contributed by atoms with Crippen LogP contribution in [0, 0.1) is 76.9 Å². The van der Waals surface area contributed by atoms with Gasteiger partial charge in [0.25, 0.3) is 23.4 Å². The van der Waals surface area contributed by atoms with Crippen LogP contribution in [0.1, 0.15) is 263 Å². The fraction of sp³-hybridized carbons (Fsp3) is 0.702. The Morgan fingerprint density at radius 2 is 0.880 bits per heavy atom. The number of ketones is 4. The average Bonchev–Trinajstić information content (AvgIpc) is 0.773. The molecule has 794 valence electrons. The summed E-state index contributed by atoms with van der Waals surface area (Å²) in [6.45, 7) is 37.0. The van der Waals surface area contributed by atoms with Gasteiger partial charge in [-0.3, -0.25) is 28.8 Å². The molecule has 0 radical (unpaired) electrons. The lowest BCUT2D eigenvalue weighted by molar-refractivity contribution is -0.266.